The van der Waals surface area contributed by atoms with Gasteiger partial charge in [-0.25, -0.2) is 4.98 Å². The van der Waals surface area contributed by atoms with Gasteiger partial charge in [0.15, 0.2) is 11.5 Å². The molecule has 0 bridgehead atoms. The van der Waals surface area contributed by atoms with Crippen LogP contribution in [0.25, 0.3) is 11.0 Å². The second kappa shape index (κ2) is 4.58. The molecule has 0 radical (unpaired) electrons. The zero-order chi connectivity index (χ0) is 14.4. The largest absolute Gasteiger partial charge is 0.453 e. The van der Waals surface area contributed by atoms with E-state index in [4.69, 9.17) is 4.42 Å². The minimum absolute atomic E-state index is 0.116. The van der Waals surface area contributed by atoms with Crippen LogP contribution >= 0.6 is 0 Å². The Balaban J connectivity index is 1.71. The number of carbonyl (C=O) groups is 1. The number of aromatic amines is 1. The lowest BCUT2D eigenvalue weighted by atomic mass is 9.83. The van der Waals surface area contributed by atoms with Crippen LogP contribution < -0.4 is 0 Å². The topological polar surface area (TPSA) is 58.9 Å². The first-order valence-corrected chi connectivity index (χ1v) is 7.25. The van der Waals surface area contributed by atoms with Crippen LogP contribution in [-0.2, 0) is 12.8 Å². The van der Waals surface area contributed by atoms with Crippen LogP contribution in [0.15, 0.2) is 35.0 Å². The molecule has 0 fully saturated rings. The fourth-order valence-corrected chi connectivity index (χ4v) is 3.25. The van der Waals surface area contributed by atoms with E-state index >= 15 is 0 Å². The molecule has 21 heavy (non-hydrogen) atoms. The first kappa shape index (κ1) is 12.4. The molecule has 2 heterocycles. The van der Waals surface area contributed by atoms with Crippen LogP contribution in [0.5, 0.6) is 0 Å². The summed E-state index contributed by atoms with van der Waals surface area (Å²) in [6.07, 6.45) is 3.97. The van der Waals surface area contributed by atoms with Crippen molar-refractivity contribution < 1.29 is 9.21 Å². The number of imidazole rings is 1. The standard InChI is InChI=1S/C17H16N2O2/c1-10-14(19-9-18-10)7-11-6-13-12-4-2-3-5-16(12)21-17(13)15(20)8-11/h2-5,9,11H,6-8H2,1H3,(H,18,19). The van der Waals surface area contributed by atoms with Crippen molar-refractivity contribution in [3.05, 3.63) is 53.3 Å². The molecule has 0 amide bonds. The van der Waals surface area contributed by atoms with Crippen molar-refractivity contribution in [2.24, 2.45) is 5.92 Å². The predicted octanol–water partition coefficient (Wildman–Crippen LogP) is 3.45. The molecule has 4 nitrogen and oxygen atoms in total. The molecule has 1 N–H and O–H groups in total. The van der Waals surface area contributed by atoms with Gasteiger partial charge in [0.25, 0.3) is 0 Å². The highest BCUT2D eigenvalue weighted by atomic mass is 16.3. The Morgan fingerprint density at radius 3 is 3.00 bits per heavy atom. The van der Waals surface area contributed by atoms with Crippen molar-refractivity contribution in [1.82, 2.24) is 9.97 Å². The Bertz CT molecular complexity index is 828. The number of aromatic nitrogens is 2. The molecule has 0 aliphatic heterocycles. The number of benzene rings is 1. The van der Waals surface area contributed by atoms with Crippen LogP contribution in [0.3, 0.4) is 0 Å². The summed E-state index contributed by atoms with van der Waals surface area (Å²) in [4.78, 5) is 19.8. The summed E-state index contributed by atoms with van der Waals surface area (Å²) < 4.78 is 5.74. The van der Waals surface area contributed by atoms with Gasteiger partial charge in [0, 0.05) is 23.1 Å². The van der Waals surface area contributed by atoms with E-state index in [1.807, 2.05) is 31.2 Å². The zero-order valence-corrected chi connectivity index (χ0v) is 11.8. The Labute approximate surface area is 122 Å². The number of ketones is 1. The number of H-pyrrole nitrogens is 1. The lowest BCUT2D eigenvalue weighted by Crippen LogP contribution is -2.21. The number of nitrogens with zero attached hydrogens (tertiary/aromatic N) is 1. The van der Waals surface area contributed by atoms with Gasteiger partial charge in [-0.3, -0.25) is 4.79 Å². The summed E-state index contributed by atoms with van der Waals surface area (Å²) in [7, 11) is 0. The van der Waals surface area contributed by atoms with Gasteiger partial charge in [0.05, 0.1) is 12.0 Å². The van der Waals surface area contributed by atoms with Crippen LogP contribution in [0.2, 0.25) is 0 Å². The maximum atomic E-state index is 12.4. The molecule has 1 unspecified atom stereocenters. The van der Waals surface area contributed by atoms with E-state index in [2.05, 4.69) is 9.97 Å². The van der Waals surface area contributed by atoms with E-state index < -0.39 is 0 Å². The van der Waals surface area contributed by atoms with Gasteiger partial charge in [-0.2, -0.15) is 0 Å². The Kier molecular flexibility index (Phi) is 2.70. The van der Waals surface area contributed by atoms with Crippen LogP contribution in [0, 0.1) is 12.8 Å². The van der Waals surface area contributed by atoms with E-state index in [0.717, 1.165) is 40.8 Å². The Hall–Kier alpha value is -2.36. The minimum atomic E-state index is 0.116. The van der Waals surface area contributed by atoms with E-state index in [-0.39, 0.29) is 5.78 Å². The summed E-state index contributed by atoms with van der Waals surface area (Å²) >= 11 is 0. The molecular weight excluding hydrogens is 264 g/mol. The summed E-state index contributed by atoms with van der Waals surface area (Å²) in [5, 5.41) is 1.07. The quantitative estimate of drug-likeness (QED) is 0.782. The number of nitrogens with one attached hydrogen (secondary N) is 1. The highest BCUT2D eigenvalue weighted by molar-refractivity contribution is 6.01. The first-order valence-electron chi connectivity index (χ1n) is 7.25. The lowest BCUT2D eigenvalue weighted by Gasteiger charge is -2.20. The van der Waals surface area contributed by atoms with Crippen LogP contribution in [0.4, 0.5) is 0 Å². The van der Waals surface area contributed by atoms with E-state index in [9.17, 15) is 4.79 Å². The number of rotatable bonds is 2. The van der Waals surface area contributed by atoms with E-state index in [1.165, 1.54) is 0 Å². The van der Waals surface area contributed by atoms with Gasteiger partial charge in [-0.15, -0.1) is 0 Å². The highest BCUT2D eigenvalue weighted by Gasteiger charge is 2.30. The van der Waals surface area contributed by atoms with Gasteiger partial charge >= 0.3 is 0 Å². The van der Waals surface area contributed by atoms with Crippen molar-refractivity contribution in [3.63, 3.8) is 0 Å². The summed E-state index contributed by atoms with van der Waals surface area (Å²) in [5.74, 6) is 0.977. The van der Waals surface area contributed by atoms with E-state index in [0.29, 0.717) is 18.1 Å². The molecule has 3 aromatic rings. The molecule has 4 rings (SSSR count). The first-order chi connectivity index (χ1) is 10.2. The fourth-order valence-electron chi connectivity index (χ4n) is 3.25. The monoisotopic (exact) mass is 280 g/mol. The summed E-state index contributed by atoms with van der Waals surface area (Å²) in [6.45, 7) is 2.02. The third-order valence-corrected chi connectivity index (χ3v) is 4.33. The fraction of sp³-hybridized carbons (Fsp3) is 0.294. The number of hydrogen-bond donors (Lipinski definition) is 1. The van der Waals surface area contributed by atoms with Crippen molar-refractivity contribution in [1.29, 1.82) is 0 Å². The van der Waals surface area contributed by atoms with Gasteiger partial charge < -0.3 is 9.40 Å². The molecule has 1 aromatic carbocycles. The predicted molar refractivity (Wildman–Crippen MR) is 79.4 cm³/mol. The normalized spacial score (nSPS) is 18.1. The average molecular weight is 280 g/mol. The second-order valence-electron chi connectivity index (χ2n) is 5.78. The maximum Gasteiger partial charge on any atom is 0.198 e. The van der Waals surface area contributed by atoms with Gasteiger partial charge in [-0.1, -0.05) is 18.2 Å². The minimum Gasteiger partial charge on any atom is -0.453 e. The van der Waals surface area contributed by atoms with Crippen LogP contribution in [0.1, 0.15) is 33.9 Å². The number of hydrogen-bond acceptors (Lipinski definition) is 3. The number of fused-ring (bicyclic) bond motifs is 3. The lowest BCUT2D eigenvalue weighted by molar-refractivity contribution is 0.0921. The van der Waals surface area contributed by atoms with Crippen molar-refractivity contribution in [2.45, 2.75) is 26.2 Å². The molecule has 0 saturated carbocycles. The summed E-state index contributed by atoms with van der Waals surface area (Å²) in [5.41, 5.74) is 4.03. The smallest absolute Gasteiger partial charge is 0.198 e. The third kappa shape index (κ3) is 1.98. The zero-order valence-electron chi connectivity index (χ0n) is 11.8. The molecule has 1 aliphatic rings. The number of aryl methyl sites for hydroxylation is 1. The van der Waals surface area contributed by atoms with Gasteiger partial charge in [0.1, 0.15) is 5.58 Å². The highest BCUT2D eigenvalue weighted by Crippen LogP contribution is 2.35. The third-order valence-electron chi connectivity index (χ3n) is 4.33. The Morgan fingerprint density at radius 2 is 2.19 bits per heavy atom. The molecule has 106 valence electrons. The number of Topliss-reactive ketones (excluding diaryl/α,β-unsaturated/α-hetero) is 1. The van der Waals surface area contributed by atoms with Crippen molar-refractivity contribution in [2.75, 3.05) is 0 Å². The number of carbonyl (C=O) groups excluding carboxylic acids is 1. The van der Waals surface area contributed by atoms with Gasteiger partial charge in [-0.05, 0) is 31.7 Å². The molecule has 2 aromatic heterocycles. The SMILES string of the molecule is Cc1[nH]cnc1CC1CC(=O)c2oc3ccccc3c2C1. The van der Waals surface area contributed by atoms with Crippen LogP contribution in [-0.4, -0.2) is 15.8 Å². The van der Waals surface area contributed by atoms with Gasteiger partial charge in [0.2, 0.25) is 0 Å². The molecule has 0 spiro atoms. The van der Waals surface area contributed by atoms with Crippen molar-refractivity contribution in [3.8, 4) is 0 Å². The molecular formula is C17H16N2O2. The molecule has 1 aliphatic carbocycles. The van der Waals surface area contributed by atoms with Crippen molar-refractivity contribution >= 4 is 16.8 Å². The molecule has 1 atom stereocenters. The van der Waals surface area contributed by atoms with E-state index in [1.54, 1.807) is 6.33 Å². The second-order valence-corrected chi connectivity index (χ2v) is 5.78. The maximum absolute atomic E-state index is 12.4. The molecule has 0 saturated heterocycles. The average Bonchev–Trinajstić information content (AvgIpc) is 3.04. The summed E-state index contributed by atoms with van der Waals surface area (Å²) in [6, 6.07) is 7.89. The Morgan fingerprint density at radius 1 is 1.33 bits per heavy atom. The molecule has 4 heteroatoms. The number of furan rings is 1. The number of para-hydroxylation sites is 1.